The first-order valence-electron chi connectivity index (χ1n) is 1.47. The first-order valence-corrected chi connectivity index (χ1v) is 4.98. The van der Waals surface area contributed by atoms with Gasteiger partial charge in [-0.1, -0.05) is 0 Å². The minimum atomic E-state index is 0.875. The van der Waals surface area contributed by atoms with E-state index < -0.39 is 0 Å². The van der Waals surface area contributed by atoms with Gasteiger partial charge in [0, 0.05) is 0 Å². The number of hydrogen-bond donors (Lipinski definition) is 0. The van der Waals surface area contributed by atoms with E-state index in [4.69, 9.17) is 11.6 Å². The zero-order valence-corrected chi connectivity index (χ0v) is 7.74. The van der Waals surface area contributed by atoms with E-state index in [0.717, 1.165) is 22.4 Å². The molecule has 0 amide bonds. The maximum absolute atomic E-state index is 5.23. The molecule has 0 aliphatic carbocycles. The molecule has 0 aromatic rings. The zero-order valence-electron chi connectivity index (χ0n) is 2.79. The second-order valence-corrected chi connectivity index (χ2v) is 3.17. The summed E-state index contributed by atoms with van der Waals surface area (Å²) in [4.78, 5) is 0. The molecule has 0 fully saturated rings. The third-order valence-corrected chi connectivity index (χ3v) is 2.95. The van der Waals surface area contributed by atoms with Gasteiger partial charge < -0.3 is 0 Å². The Kier molecular flexibility index (Phi) is 4.63. The van der Waals surface area contributed by atoms with Crippen molar-refractivity contribution >= 4 is 28.1 Å². The molecule has 0 aromatic heterocycles. The van der Waals surface area contributed by atoms with Gasteiger partial charge in [-0.3, -0.25) is 0 Å². The van der Waals surface area contributed by atoms with Crippen molar-refractivity contribution in [3.05, 3.63) is 0 Å². The molecular weight excluding hydrogens is 132 g/mol. The number of rotatable bonds is 1. The zero-order chi connectivity index (χ0) is 3.41. The quantitative estimate of drug-likeness (QED) is 0.354. The first-order chi connectivity index (χ1) is 1.91. The van der Waals surface area contributed by atoms with Crippen LogP contribution < -0.4 is 0 Å². The van der Waals surface area contributed by atoms with E-state index in [1.807, 2.05) is 0 Å². The first kappa shape index (κ1) is 4.83. The Balaban J connectivity index is 1.97. The Morgan fingerprint density at radius 2 is 2.00 bits per heavy atom. The number of hydrogen-bond acceptors (Lipinski definition) is 0. The van der Waals surface area contributed by atoms with Crippen LogP contribution in [-0.4, -0.2) is 22.4 Å². The fraction of sp³-hybridized carbons (Fsp3) is 1.00. The Morgan fingerprint density at radius 3 is 2.00 bits per heavy atom. The Morgan fingerprint density at radius 1 is 1.75 bits per heavy atom. The monoisotopic (exact) mass is 140 g/mol. The van der Waals surface area contributed by atoms with E-state index in [0.29, 0.717) is 0 Å². The van der Waals surface area contributed by atoms with Gasteiger partial charge in [0.1, 0.15) is 0 Å². The van der Waals surface area contributed by atoms with Gasteiger partial charge in [-0.2, -0.15) is 0 Å². The van der Waals surface area contributed by atoms with E-state index >= 15 is 0 Å². The topological polar surface area (TPSA) is 0 Å². The van der Waals surface area contributed by atoms with Crippen LogP contribution in [0.4, 0.5) is 0 Å². The average Bonchev–Trinajstić information content (AvgIpc) is 1.37. The molecule has 26 valence electrons. The number of alkyl halides is 1. The Labute approximate surface area is 39.8 Å². The molecule has 0 aromatic carbocycles. The minimum absolute atomic E-state index is 0.875. The van der Waals surface area contributed by atoms with E-state index in [-0.39, 0.29) is 0 Å². The third-order valence-electron chi connectivity index (χ3n) is 0.189. The Hall–Kier alpha value is 0.833. The van der Waals surface area contributed by atoms with E-state index in [9.17, 15) is 0 Å². The molecule has 0 atom stereocenters. The van der Waals surface area contributed by atoms with Crippen molar-refractivity contribution < 1.29 is 0 Å². The van der Waals surface area contributed by atoms with Crippen molar-refractivity contribution in [2.24, 2.45) is 0 Å². The Bertz CT molecular complexity index is 8.00. The average molecular weight is 139 g/mol. The van der Waals surface area contributed by atoms with Crippen molar-refractivity contribution in [3.8, 4) is 0 Å². The van der Waals surface area contributed by atoms with Gasteiger partial charge in [-0.05, 0) is 0 Å². The summed E-state index contributed by atoms with van der Waals surface area (Å²) in [6.45, 7) is 0. The molecule has 0 saturated heterocycles. The molecule has 0 bridgehead atoms. The molecular formula is C2H7ClGe. The molecule has 0 nitrogen and oxygen atoms in total. The summed E-state index contributed by atoms with van der Waals surface area (Å²) < 4.78 is 0. The van der Waals surface area contributed by atoms with Crippen LogP contribution in [0.1, 0.15) is 0 Å². The van der Waals surface area contributed by atoms with Gasteiger partial charge in [0.15, 0.2) is 0 Å². The molecule has 0 rings (SSSR count). The van der Waals surface area contributed by atoms with E-state index in [2.05, 4.69) is 0 Å². The second-order valence-electron chi connectivity index (χ2n) is 0.689. The van der Waals surface area contributed by atoms with Gasteiger partial charge in [-0.15, -0.1) is 0 Å². The molecule has 0 aliphatic rings. The van der Waals surface area contributed by atoms with Crippen LogP contribution in [0.5, 0.6) is 0 Å². The van der Waals surface area contributed by atoms with Crippen molar-refractivity contribution in [3.63, 3.8) is 0 Å². The maximum atomic E-state index is 5.23. The van der Waals surface area contributed by atoms with Gasteiger partial charge in [0.05, 0.1) is 0 Å². The van der Waals surface area contributed by atoms with Crippen LogP contribution in [-0.2, 0) is 0 Å². The van der Waals surface area contributed by atoms with Crippen LogP contribution >= 0.6 is 11.6 Å². The fourth-order valence-electron chi connectivity index (χ4n) is 0. The predicted octanol–water partition coefficient (Wildman–Crippen LogP) is 0.00890. The van der Waals surface area contributed by atoms with E-state index in [1.165, 1.54) is 5.25 Å². The second kappa shape index (κ2) is 3.83. The van der Waals surface area contributed by atoms with Crippen LogP contribution in [0.15, 0.2) is 0 Å². The SMILES string of the molecule is ClC[CH2][GeH3]. The van der Waals surface area contributed by atoms with Crippen LogP contribution in [0.2, 0.25) is 5.25 Å². The standard InChI is InChI=1S/C2H7ClGe/c3-1-2-4/h1-2H2,4H3. The summed E-state index contributed by atoms with van der Waals surface area (Å²) in [5.74, 6) is 0.875. The van der Waals surface area contributed by atoms with Gasteiger partial charge in [-0.25, -0.2) is 0 Å². The van der Waals surface area contributed by atoms with Crippen molar-refractivity contribution in [1.82, 2.24) is 0 Å². The van der Waals surface area contributed by atoms with Crippen molar-refractivity contribution in [2.75, 3.05) is 5.88 Å². The molecule has 0 aliphatic heterocycles. The molecule has 0 saturated carbocycles. The fourth-order valence-corrected chi connectivity index (χ4v) is 0. The summed E-state index contributed by atoms with van der Waals surface area (Å²) >= 11 is 6.21. The molecule has 0 heterocycles. The molecule has 0 spiro atoms. The normalized spacial score (nSPS) is 8.25. The summed E-state index contributed by atoms with van der Waals surface area (Å²) in [6.07, 6.45) is 0. The van der Waals surface area contributed by atoms with Gasteiger partial charge >= 0.3 is 39.2 Å². The molecule has 2 heteroatoms. The van der Waals surface area contributed by atoms with E-state index in [1.54, 1.807) is 0 Å². The molecule has 0 radical (unpaired) electrons. The van der Waals surface area contributed by atoms with Crippen LogP contribution in [0.3, 0.4) is 0 Å². The van der Waals surface area contributed by atoms with Crippen LogP contribution in [0.25, 0.3) is 0 Å². The van der Waals surface area contributed by atoms with Crippen LogP contribution in [0, 0.1) is 0 Å². The predicted molar refractivity (Wildman–Crippen MR) is 25.5 cm³/mol. The molecule has 0 unspecified atom stereocenters. The van der Waals surface area contributed by atoms with Crippen molar-refractivity contribution in [2.45, 2.75) is 5.25 Å². The summed E-state index contributed by atoms with van der Waals surface area (Å²) in [5, 5.41) is 1.27. The summed E-state index contributed by atoms with van der Waals surface area (Å²) in [7, 11) is 0. The summed E-state index contributed by atoms with van der Waals surface area (Å²) in [5.41, 5.74) is 0. The molecule has 0 N–H and O–H groups in total. The van der Waals surface area contributed by atoms with Crippen molar-refractivity contribution in [1.29, 1.82) is 0 Å². The van der Waals surface area contributed by atoms with Gasteiger partial charge in [0.2, 0.25) is 0 Å². The molecule has 4 heavy (non-hydrogen) atoms. The van der Waals surface area contributed by atoms with Gasteiger partial charge in [0.25, 0.3) is 0 Å². The third kappa shape index (κ3) is 2.83. The summed E-state index contributed by atoms with van der Waals surface area (Å²) in [6, 6.07) is 0. The number of halogens is 1.